The van der Waals surface area contributed by atoms with Crippen LogP contribution in [0.15, 0.2) is 30.5 Å². The monoisotopic (exact) mass is 325 g/mol. The number of fused-ring (bicyclic) bond motifs is 1. The molecule has 0 bridgehead atoms. The molecule has 2 heterocycles. The Morgan fingerprint density at radius 3 is 2.70 bits per heavy atom. The number of ether oxygens (including phenoxy) is 1. The summed E-state index contributed by atoms with van der Waals surface area (Å²) in [5.74, 6) is 0.540. The van der Waals surface area contributed by atoms with Gasteiger partial charge in [-0.1, -0.05) is 23.2 Å². The average molecular weight is 326 g/mol. The molecule has 0 unspecified atom stereocenters. The molecule has 3 nitrogen and oxygen atoms in total. The molecule has 0 spiro atoms. The van der Waals surface area contributed by atoms with Gasteiger partial charge < -0.3 is 9.72 Å². The number of aromatic amines is 1. The Balaban J connectivity index is 2.14. The lowest BCUT2D eigenvalue weighted by molar-refractivity contribution is 0.104. The Labute approximate surface area is 129 Å². The summed E-state index contributed by atoms with van der Waals surface area (Å²) in [7, 11) is 1.59. The molecule has 1 N–H and O–H groups in total. The minimum Gasteiger partial charge on any atom is -0.497 e. The summed E-state index contributed by atoms with van der Waals surface area (Å²) in [6, 6.07) is 7.12. The molecule has 0 atom stereocenters. The zero-order chi connectivity index (χ0) is 14.3. The van der Waals surface area contributed by atoms with Crippen molar-refractivity contribution in [1.82, 2.24) is 4.98 Å². The number of rotatable bonds is 3. The van der Waals surface area contributed by atoms with E-state index in [1.165, 1.54) is 11.3 Å². The number of hydrogen-bond acceptors (Lipinski definition) is 3. The van der Waals surface area contributed by atoms with Crippen LogP contribution in [0.2, 0.25) is 8.67 Å². The predicted molar refractivity (Wildman–Crippen MR) is 82.6 cm³/mol. The van der Waals surface area contributed by atoms with Gasteiger partial charge in [0.15, 0.2) is 5.78 Å². The Bertz CT molecular complexity index is 807. The molecule has 20 heavy (non-hydrogen) atoms. The first-order valence-corrected chi connectivity index (χ1v) is 7.32. The summed E-state index contributed by atoms with van der Waals surface area (Å²) in [6.07, 6.45) is 1.67. The number of nitrogens with one attached hydrogen (secondary N) is 1. The maximum absolute atomic E-state index is 12.6. The van der Waals surface area contributed by atoms with E-state index in [9.17, 15) is 4.79 Å². The average Bonchev–Trinajstić information content (AvgIpc) is 3.00. The third-order valence-electron chi connectivity index (χ3n) is 3.03. The van der Waals surface area contributed by atoms with Crippen LogP contribution in [0.1, 0.15) is 15.9 Å². The number of aromatic nitrogens is 1. The number of methoxy groups -OCH3 is 1. The summed E-state index contributed by atoms with van der Waals surface area (Å²) in [6.45, 7) is 0. The van der Waals surface area contributed by atoms with Gasteiger partial charge in [0.1, 0.15) is 10.1 Å². The van der Waals surface area contributed by atoms with Crippen LogP contribution in [0.25, 0.3) is 10.9 Å². The Morgan fingerprint density at radius 1 is 1.25 bits per heavy atom. The Kier molecular flexibility index (Phi) is 3.46. The molecule has 0 fully saturated rings. The lowest BCUT2D eigenvalue weighted by Gasteiger charge is -2.01. The van der Waals surface area contributed by atoms with Gasteiger partial charge in [0, 0.05) is 22.7 Å². The summed E-state index contributed by atoms with van der Waals surface area (Å²) < 4.78 is 6.09. The maximum Gasteiger partial charge on any atom is 0.197 e. The molecule has 0 saturated heterocycles. The molecule has 1 aromatic carbocycles. The SMILES string of the molecule is COc1ccc2[nH]cc(C(=O)c3cc(Cl)sc3Cl)c2c1. The molecule has 102 valence electrons. The van der Waals surface area contributed by atoms with Crippen LogP contribution in [0.5, 0.6) is 5.75 Å². The van der Waals surface area contributed by atoms with E-state index in [1.807, 2.05) is 18.2 Å². The van der Waals surface area contributed by atoms with Crippen LogP contribution in [0, 0.1) is 0 Å². The highest BCUT2D eigenvalue weighted by atomic mass is 35.5. The second-order valence-corrected chi connectivity index (χ2v) is 6.47. The smallest absolute Gasteiger partial charge is 0.197 e. The minimum absolute atomic E-state index is 0.155. The topological polar surface area (TPSA) is 42.1 Å². The quantitative estimate of drug-likeness (QED) is 0.704. The van der Waals surface area contributed by atoms with E-state index < -0.39 is 0 Å². The second-order valence-electron chi connectivity index (χ2n) is 4.18. The fourth-order valence-corrected chi connectivity index (χ4v) is 3.51. The van der Waals surface area contributed by atoms with Crippen molar-refractivity contribution in [3.63, 3.8) is 0 Å². The normalized spacial score (nSPS) is 10.9. The maximum atomic E-state index is 12.6. The molecule has 6 heteroatoms. The van der Waals surface area contributed by atoms with Crippen LogP contribution in [0.4, 0.5) is 0 Å². The third kappa shape index (κ3) is 2.20. The largest absolute Gasteiger partial charge is 0.497 e. The molecule has 0 radical (unpaired) electrons. The minimum atomic E-state index is -0.155. The van der Waals surface area contributed by atoms with Crippen molar-refractivity contribution in [1.29, 1.82) is 0 Å². The number of carbonyl (C=O) groups excluding carboxylic acids is 1. The van der Waals surface area contributed by atoms with E-state index in [2.05, 4.69) is 4.98 Å². The van der Waals surface area contributed by atoms with Gasteiger partial charge in [-0.15, -0.1) is 11.3 Å². The Hall–Kier alpha value is -1.49. The van der Waals surface area contributed by atoms with Crippen molar-refractivity contribution < 1.29 is 9.53 Å². The van der Waals surface area contributed by atoms with Gasteiger partial charge in [0.25, 0.3) is 0 Å². The molecule has 2 aromatic heterocycles. The van der Waals surface area contributed by atoms with E-state index in [4.69, 9.17) is 27.9 Å². The number of H-pyrrole nitrogens is 1. The fourth-order valence-electron chi connectivity index (χ4n) is 2.05. The number of thiophene rings is 1. The van der Waals surface area contributed by atoms with Crippen LogP contribution >= 0.6 is 34.5 Å². The molecule has 0 aliphatic heterocycles. The highest BCUT2D eigenvalue weighted by Crippen LogP contribution is 2.34. The highest BCUT2D eigenvalue weighted by Gasteiger charge is 2.19. The highest BCUT2D eigenvalue weighted by molar-refractivity contribution is 7.20. The molecular formula is C14H9Cl2NO2S. The van der Waals surface area contributed by atoms with Gasteiger partial charge in [-0.2, -0.15) is 0 Å². The van der Waals surface area contributed by atoms with Gasteiger partial charge in [0.2, 0.25) is 0 Å². The van der Waals surface area contributed by atoms with Crippen molar-refractivity contribution >= 4 is 51.2 Å². The van der Waals surface area contributed by atoms with E-state index in [-0.39, 0.29) is 5.78 Å². The van der Waals surface area contributed by atoms with E-state index in [0.717, 1.165) is 10.9 Å². The first-order chi connectivity index (χ1) is 9.60. The van der Waals surface area contributed by atoms with Crippen molar-refractivity contribution in [3.05, 3.63) is 50.3 Å². The summed E-state index contributed by atoms with van der Waals surface area (Å²) in [5.41, 5.74) is 1.84. The molecule has 3 aromatic rings. The van der Waals surface area contributed by atoms with Crippen LogP contribution in [-0.4, -0.2) is 17.9 Å². The fraction of sp³-hybridized carbons (Fsp3) is 0.0714. The van der Waals surface area contributed by atoms with E-state index in [1.54, 1.807) is 19.4 Å². The molecule has 0 aliphatic rings. The van der Waals surface area contributed by atoms with Crippen LogP contribution in [0.3, 0.4) is 0 Å². The molecule has 0 amide bonds. The standard InChI is InChI=1S/C14H9Cl2NO2S/c1-19-7-2-3-11-8(4-7)10(6-17-11)13(18)9-5-12(15)20-14(9)16/h2-6,17H,1H3. The summed E-state index contributed by atoms with van der Waals surface area (Å²) in [4.78, 5) is 15.6. The van der Waals surface area contributed by atoms with Crippen LogP contribution in [-0.2, 0) is 0 Å². The van der Waals surface area contributed by atoms with Gasteiger partial charge in [-0.25, -0.2) is 0 Å². The second kappa shape index (κ2) is 5.13. The molecular weight excluding hydrogens is 317 g/mol. The van der Waals surface area contributed by atoms with Gasteiger partial charge in [-0.3, -0.25) is 4.79 Å². The molecule has 0 saturated carbocycles. The molecule has 0 aliphatic carbocycles. The van der Waals surface area contributed by atoms with Gasteiger partial charge >= 0.3 is 0 Å². The lowest BCUT2D eigenvalue weighted by Crippen LogP contribution is -1.99. The Morgan fingerprint density at radius 2 is 2.05 bits per heavy atom. The van der Waals surface area contributed by atoms with Crippen molar-refractivity contribution in [2.75, 3.05) is 7.11 Å². The number of carbonyl (C=O) groups is 1. The van der Waals surface area contributed by atoms with E-state index in [0.29, 0.717) is 25.5 Å². The van der Waals surface area contributed by atoms with Crippen molar-refractivity contribution in [2.45, 2.75) is 0 Å². The predicted octanol–water partition coefficient (Wildman–Crippen LogP) is 4.78. The van der Waals surface area contributed by atoms with Gasteiger partial charge in [-0.05, 0) is 24.3 Å². The first-order valence-electron chi connectivity index (χ1n) is 5.75. The van der Waals surface area contributed by atoms with E-state index >= 15 is 0 Å². The van der Waals surface area contributed by atoms with Crippen molar-refractivity contribution in [2.24, 2.45) is 0 Å². The molecule has 3 rings (SSSR count). The van der Waals surface area contributed by atoms with Gasteiger partial charge in [0.05, 0.1) is 17.0 Å². The zero-order valence-corrected chi connectivity index (χ0v) is 12.7. The summed E-state index contributed by atoms with van der Waals surface area (Å²) in [5, 5.41) is 0.799. The first kappa shape index (κ1) is 13.5. The lowest BCUT2D eigenvalue weighted by atomic mass is 10.1. The number of ketones is 1. The zero-order valence-electron chi connectivity index (χ0n) is 10.4. The summed E-state index contributed by atoms with van der Waals surface area (Å²) >= 11 is 13.1. The third-order valence-corrected chi connectivity index (χ3v) is 4.52. The number of halogens is 2. The van der Waals surface area contributed by atoms with Crippen molar-refractivity contribution in [3.8, 4) is 5.75 Å². The van der Waals surface area contributed by atoms with Crippen LogP contribution < -0.4 is 4.74 Å². The number of benzene rings is 1. The number of hydrogen-bond donors (Lipinski definition) is 1.